The SMILES string of the molecule is O=C(CSC(=S)N1CCCC1)NC(=O)NC1CCCCC1. The van der Waals surface area contributed by atoms with Gasteiger partial charge in [0.15, 0.2) is 0 Å². The second-order valence-corrected chi connectivity index (χ2v) is 7.21. The quantitative estimate of drug-likeness (QED) is 0.778. The second-order valence-electron chi connectivity index (χ2n) is 5.61. The van der Waals surface area contributed by atoms with Gasteiger partial charge in [-0.1, -0.05) is 43.2 Å². The summed E-state index contributed by atoms with van der Waals surface area (Å²) in [7, 11) is 0. The Morgan fingerprint density at radius 2 is 1.76 bits per heavy atom. The van der Waals surface area contributed by atoms with E-state index >= 15 is 0 Å². The van der Waals surface area contributed by atoms with Crippen LogP contribution >= 0.6 is 24.0 Å². The molecule has 1 saturated heterocycles. The number of nitrogens with zero attached hydrogens (tertiary/aromatic N) is 1. The molecular formula is C14H23N3O2S2. The maximum absolute atomic E-state index is 11.7. The van der Waals surface area contributed by atoms with Crippen molar-refractivity contribution < 1.29 is 9.59 Å². The Kier molecular flexibility index (Phi) is 6.76. The van der Waals surface area contributed by atoms with Crippen LogP contribution in [0.1, 0.15) is 44.9 Å². The third-order valence-corrected chi connectivity index (χ3v) is 5.41. The van der Waals surface area contributed by atoms with E-state index in [4.69, 9.17) is 12.2 Å². The van der Waals surface area contributed by atoms with Gasteiger partial charge in [0.1, 0.15) is 4.32 Å². The Labute approximate surface area is 135 Å². The van der Waals surface area contributed by atoms with E-state index in [-0.39, 0.29) is 23.7 Å². The predicted octanol–water partition coefficient (Wildman–Crippen LogP) is 2.26. The van der Waals surface area contributed by atoms with Crippen molar-refractivity contribution in [1.29, 1.82) is 0 Å². The van der Waals surface area contributed by atoms with E-state index < -0.39 is 0 Å². The third kappa shape index (κ3) is 5.82. The molecule has 1 aliphatic heterocycles. The van der Waals surface area contributed by atoms with Gasteiger partial charge in [0.05, 0.1) is 5.75 Å². The molecule has 118 valence electrons. The Morgan fingerprint density at radius 1 is 1.10 bits per heavy atom. The fourth-order valence-electron chi connectivity index (χ4n) is 2.75. The van der Waals surface area contributed by atoms with Gasteiger partial charge in [0, 0.05) is 19.1 Å². The first-order valence-corrected chi connectivity index (χ1v) is 9.06. The van der Waals surface area contributed by atoms with Crippen LogP contribution in [0.2, 0.25) is 0 Å². The molecule has 3 amide bonds. The average molecular weight is 329 g/mol. The normalized spacial score (nSPS) is 19.3. The highest BCUT2D eigenvalue weighted by atomic mass is 32.2. The standard InChI is InChI=1S/C14H23N3O2S2/c18-12(10-21-14(20)17-8-4-5-9-17)16-13(19)15-11-6-2-1-3-7-11/h11H,1-10H2,(H2,15,16,18,19). The molecule has 7 heteroatoms. The molecule has 21 heavy (non-hydrogen) atoms. The maximum Gasteiger partial charge on any atom is 0.321 e. The van der Waals surface area contributed by atoms with Gasteiger partial charge in [-0.05, 0) is 25.7 Å². The number of imide groups is 1. The van der Waals surface area contributed by atoms with Crippen LogP contribution in [0.3, 0.4) is 0 Å². The number of likely N-dealkylation sites (tertiary alicyclic amines) is 1. The Morgan fingerprint density at radius 3 is 2.43 bits per heavy atom. The summed E-state index contributed by atoms with van der Waals surface area (Å²) in [6.07, 6.45) is 7.89. The van der Waals surface area contributed by atoms with Crippen molar-refractivity contribution in [2.24, 2.45) is 0 Å². The number of rotatable bonds is 3. The highest BCUT2D eigenvalue weighted by Crippen LogP contribution is 2.17. The van der Waals surface area contributed by atoms with Crippen LogP contribution in [0, 0.1) is 0 Å². The summed E-state index contributed by atoms with van der Waals surface area (Å²) in [4.78, 5) is 25.6. The van der Waals surface area contributed by atoms with E-state index in [1.165, 1.54) is 18.2 Å². The summed E-state index contributed by atoms with van der Waals surface area (Å²) in [5.74, 6) is -0.0807. The van der Waals surface area contributed by atoms with Crippen molar-refractivity contribution in [2.75, 3.05) is 18.8 Å². The highest BCUT2D eigenvalue weighted by molar-refractivity contribution is 8.23. The number of amides is 3. The van der Waals surface area contributed by atoms with Crippen molar-refractivity contribution in [3.05, 3.63) is 0 Å². The zero-order valence-electron chi connectivity index (χ0n) is 12.2. The summed E-state index contributed by atoms with van der Waals surface area (Å²) in [5.41, 5.74) is 0. The molecule has 0 aromatic rings. The Hall–Kier alpha value is -0.820. The summed E-state index contributed by atoms with van der Waals surface area (Å²) >= 11 is 6.62. The first-order valence-electron chi connectivity index (χ1n) is 7.67. The van der Waals surface area contributed by atoms with Gasteiger partial charge in [-0.2, -0.15) is 0 Å². The molecule has 5 nitrogen and oxygen atoms in total. The smallest absolute Gasteiger partial charge is 0.321 e. The summed E-state index contributed by atoms with van der Waals surface area (Å²) in [6.45, 7) is 1.96. The van der Waals surface area contributed by atoms with Crippen LogP contribution in [-0.2, 0) is 4.79 Å². The lowest BCUT2D eigenvalue weighted by Gasteiger charge is -2.22. The zero-order chi connectivity index (χ0) is 15.1. The number of nitrogens with one attached hydrogen (secondary N) is 2. The number of carbonyl (C=O) groups is 2. The summed E-state index contributed by atoms with van der Waals surface area (Å²) in [5, 5.41) is 5.25. The first-order chi connectivity index (χ1) is 10.1. The molecule has 2 aliphatic rings. The van der Waals surface area contributed by atoms with Gasteiger partial charge in [-0.3, -0.25) is 10.1 Å². The van der Waals surface area contributed by atoms with Gasteiger partial charge in [0.25, 0.3) is 0 Å². The average Bonchev–Trinajstić information content (AvgIpc) is 3.00. The molecule has 2 fully saturated rings. The Balaban J connectivity index is 1.61. The van der Waals surface area contributed by atoms with E-state index in [0.29, 0.717) is 0 Å². The molecule has 2 N–H and O–H groups in total. The van der Waals surface area contributed by atoms with Crippen LogP contribution in [0.5, 0.6) is 0 Å². The van der Waals surface area contributed by atoms with E-state index in [0.717, 1.165) is 55.9 Å². The number of hydrogen-bond acceptors (Lipinski definition) is 4. The minimum atomic E-state index is -0.375. The zero-order valence-corrected chi connectivity index (χ0v) is 13.9. The van der Waals surface area contributed by atoms with Gasteiger partial charge < -0.3 is 10.2 Å². The number of hydrogen-bond donors (Lipinski definition) is 2. The predicted molar refractivity (Wildman–Crippen MR) is 89.4 cm³/mol. The van der Waals surface area contributed by atoms with Crippen LogP contribution in [0.25, 0.3) is 0 Å². The Bertz CT molecular complexity index is 392. The van der Waals surface area contributed by atoms with E-state index in [1.54, 1.807) is 0 Å². The molecular weight excluding hydrogens is 306 g/mol. The van der Waals surface area contributed by atoms with E-state index in [2.05, 4.69) is 15.5 Å². The van der Waals surface area contributed by atoms with Crippen LogP contribution in [0.15, 0.2) is 0 Å². The minimum absolute atomic E-state index is 0.202. The fourth-order valence-corrected chi connectivity index (χ4v) is 3.80. The van der Waals surface area contributed by atoms with Crippen LogP contribution in [-0.4, -0.2) is 46.0 Å². The van der Waals surface area contributed by atoms with Crippen molar-refractivity contribution >= 4 is 40.2 Å². The van der Waals surface area contributed by atoms with Crippen LogP contribution in [0.4, 0.5) is 4.79 Å². The minimum Gasteiger partial charge on any atom is -0.358 e. The lowest BCUT2D eigenvalue weighted by atomic mass is 9.96. The molecule has 2 rings (SSSR count). The maximum atomic E-state index is 11.7. The van der Waals surface area contributed by atoms with E-state index in [9.17, 15) is 9.59 Å². The van der Waals surface area contributed by atoms with Crippen LogP contribution < -0.4 is 10.6 Å². The molecule has 0 aromatic heterocycles. The fraction of sp³-hybridized carbons (Fsp3) is 0.786. The first kappa shape index (κ1) is 16.5. The number of carbonyl (C=O) groups excluding carboxylic acids is 2. The number of thiocarbonyl (C=S) groups is 1. The van der Waals surface area contributed by atoms with Crippen molar-refractivity contribution in [3.8, 4) is 0 Å². The molecule has 0 bridgehead atoms. The summed E-state index contributed by atoms with van der Waals surface area (Å²) in [6, 6.07) is -0.163. The van der Waals surface area contributed by atoms with Gasteiger partial charge in [0.2, 0.25) is 5.91 Å². The van der Waals surface area contributed by atoms with Crippen molar-refractivity contribution in [3.63, 3.8) is 0 Å². The number of thioether (sulfide) groups is 1. The van der Waals surface area contributed by atoms with Gasteiger partial charge in [-0.25, -0.2) is 4.79 Å². The second kappa shape index (κ2) is 8.58. The van der Waals surface area contributed by atoms with Gasteiger partial charge in [-0.15, -0.1) is 0 Å². The largest absolute Gasteiger partial charge is 0.358 e. The van der Waals surface area contributed by atoms with Gasteiger partial charge >= 0.3 is 6.03 Å². The highest BCUT2D eigenvalue weighted by Gasteiger charge is 2.19. The molecule has 0 atom stereocenters. The lowest BCUT2D eigenvalue weighted by molar-refractivity contribution is -0.117. The summed E-state index contributed by atoms with van der Waals surface area (Å²) < 4.78 is 0.760. The van der Waals surface area contributed by atoms with E-state index in [1.807, 2.05) is 0 Å². The molecule has 0 radical (unpaired) electrons. The topological polar surface area (TPSA) is 61.4 Å². The molecule has 1 heterocycles. The molecule has 0 unspecified atom stereocenters. The monoisotopic (exact) mass is 329 g/mol. The van der Waals surface area contributed by atoms with Crippen molar-refractivity contribution in [1.82, 2.24) is 15.5 Å². The molecule has 1 aliphatic carbocycles. The lowest BCUT2D eigenvalue weighted by Crippen LogP contribution is -2.45. The number of urea groups is 1. The molecule has 0 aromatic carbocycles. The molecule has 1 saturated carbocycles. The van der Waals surface area contributed by atoms with Crippen molar-refractivity contribution in [2.45, 2.75) is 51.0 Å². The third-order valence-electron chi connectivity index (χ3n) is 3.88. The molecule has 0 spiro atoms.